The molecule has 1 amide bonds. The van der Waals surface area contributed by atoms with Gasteiger partial charge in [-0.1, -0.05) is 12.1 Å². The van der Waals surface area contributed by atoms with E-state index >= 15 is 0 Å². The molecule has 114 valence electrons. The van der Waals surface area contributed by atoms with Gasteiger partial charge < -0.3 is 10.6 Å². The van der Waals surface area contributed by atoms with Crippen molar-refractivity contribution in [1.82, 2.24) is 14.9 Å². The molecular weight excluding hydrogens is 311 g/mol. The highest BCUT2D eigenvalue weighted by Gasteiger charge is 2.23. The number of carbonyl (C=O) groups is 1. The molecule has 7 heteroatoms. The fraction of sp³-hybridized carbons (Fsp3) is 0.357. The van der Waals surface area contributed by atoms with Gasteiger partial charge in [0, 0.05) is 19.1 Å². The number of benzene rings is 1. The lowest BCUT2D eigenvalue weighted by Crippen LogP contribution is -2.45. The van der Waals surface area contributed by atoms with E-state index in [1.807, 2.05) is 24.3 Å². The lowest BCUT2D eigenvalue weighted by atomic mass is 10.1. The molecular formula is C14H18Cl2N4O. The van der Waals surface area contributed by atoms with Gasteiger partial charge in [0.2, 0.25) is 0 Å². The number of piperidine rings is 1. The van der Waals surface area contributed by atoms with Crippen LogP contribution in [-0.4, -0.2) is 39.9 Å². The third-order valence-corrected chi connectivity index (χ3v) is 3.41. The third kappa shape index (κ3) is 3.81. The molecule has 2 N–H and O–H groups in total. The van der Waals surface area contributed by atoms with Gasteiger partial charge in [-0.2, -0.15) is 0 Å². The molecule has 0 bridgehead atoms. The summed E-state index contributed by atoms with van der Waals surface area (Å²) in [4.78, 5) is 22.8. The summed E-state index contributed by atoms with van der Waals surface area (Å²) in [5.41, 5.74) is 7.84. The van der Waals surface area contributed by atoms with Gasteiger partial charge in [0.15, 0.2) is 0 Å². The Balaban J connectivity index is 0.00000110. The summed E-state index contributed by atoms with van der Waals surface area (Å²) in [5, 5.41) is 0. The molecule has 2 aromatic rings. The molecule has 1 saturated heterocycles. The maximum Gasteiger partial charge on any atom is 0.274 e. The lowest BCUT2D eigenvalue weighted by molar-refractivity contribution is 0.0703. The number of para-hydroxylation sites is 2. The minimum Gasteiger partial charge on any atom is -0.336 e. The number of nitrogens with zero attached hydrogens (tertiary/aromatic N) is 3. The molecule has 1 aliphatic heterocycles. The van der Waals surface area contributed by atoms with Crippen LogP contribution in [0.2, 0.25) is 0 Å². The highest BCUT2D eigenvalue weighted by Crippen LogP contribution is 2.13. The Morgan fingerprint density at radius 1 is 1.24 bits per heavy atom. The van der Waals surface area contributed by atoms with E-state index < -0.39 is 0 Å². The van der Waals surface area contributed by atoms with Crippen molar-refractivity contribution < 1.29 is 4.79 Å². The molecule has 1 aromatic heterocycles. The normalized spacial score (nSPS) is 17.8. The average molecular weight is 329 g/mol. The summed E-state index contributed by atoms with van der Waals surface area (Å²) < 4.78 is 0. The van der Waals surface area contributed by atoms with Gasteiger partial charge >= 0.3 is 0 Å². The van der Waals surface area contributed by atoms with Crippen LogP contribution in [0.5, 0.6) is 0 Å². The summed E-state index contributed by atoms with van der Waals surface area (Å²) in [6, 6.07) is 7.62. The molecule has 0 radical (unpaired) electrons. The first-order valence-corrected chi connectivity index (χ1v) is 6.51. The minimum atomic E-state index is -0.0756. The molecule has 1 atom stereocenters. The Morgan fingerprint density at radius 2 is 1.95 bits per heavy atom. The smallest absolute Gasteiger partial charge is 0.274 e. The number of aromatic nitrogens is 2. The van der Waals surface area contributed by atoms with E-state index in [9.17, 15) is 4.79 Å². The van der Waals surface area contributed by atoms with Gasteiger partial charge in [0.25, 0.3) is 5.91 Å². The van der Waals surface area contributed by atoms with Gasteiger partial charge in [-0.05, 0) is 25.0 Å². The number of nitrogens with two attached hydrogens (primary N) is 1. The Morgan fingerprint density at radius 3 is 2.67 bits per heavy atom. The molecule has 3 rings (SSSR count). The average Bonchev–Trinajstić information content (AvgIpc) is 2.46. The van der Waals surface area contributed by atoms with E-state index in [1.54, 1.807) is 11.1 Å². The second kappa shape index (κ2) is 7.54. The van der Waals surface area contributed by atoms with Crippen molar-refractivity contribution in [2.75, 3.05) is 13.1 Å². The number of hydrogen-bond donors (Lipinski definition) is 1. The maximum atomic E-state index is 12.4. The van der Waals surface area contributed by atoms with Crippen molar-refractivity contribution >= 4 is 41.8 Å². The molecule has 21 heavy (non-hydrogen) atoms. The second-order valence-corrected chi connectivity index (χ2v) is 4.90. The van der Waals surface area contributed by atoms with Crippen LogP contribution >= 0.6 is 24.8 Å². The summed E-state index contributed by atoms with van der Waals surface area (Å²) in [7, 11) is 0. The molecule has 0 aliphatic carbocycles. The van der Waals surface area contributed by atoms with E-state index in [2.05, 4.69) is 9.97 Å². The second-order valence-electron chi connectivity index (χ2n) is 4.90. The zero-order valence-corrected chi connectivity index (χ0v) is 13.1. The molecule has 0 spiro atoms. The highest BCUT2D eigenvalue weighted by atomic mass is 35.5. The van der Waals surface area contributed by atoms with Crippen molar-refractivity contribution in [3.05, 3.63) is 36.2 Å². The molecule has 5 nitrogen and oxygen atoms in total. The fourth-order valence-electron chi connectivity index (χ4n) is 2.42. The van der Waals surface area contributed by atoms with Gasteiger partial charge in [0.1, 0.15) is 5.69 Å². The van der Waals surface area contributed by atoms with E-state index in [0.717, 1.165) is 30.4 Å². The largest absolute Gasteiger partial charge is 0.336 e. The van der Waals surface area contributed by atoms with Crippen LogP contribution in [0.1, 0.15) is 23.3 Å². The minimum absolute atomic E-state index is 0. The van der Waals surface area contributed by atoms with Crippen molar-refractivity contribution in [2.45, 2.75) is 18.9 Å². The van der Waals surface area contributed by atoms with Crippen molar-refractivity contribution in [2.24, 2.45) is 5.73 Å². The standard InChI is InChI=1S/C14H16N4O.2ClH/c15-10-4-3-7-18(9-10)14(19)13-8-16-11-5-1-2-6-12(11)17-13;;/h1-2,5-6,8,10H,3-4,7,9,15H2;2*1H/t10-;;/m1../s1. The number of likely N-dealkylation sites (tertiary alicyclic amines) is 1. The first-order chi connectivity index (χ1) is 9.24. The van der Waals surface area contributed by atoms with E-state index in [-0.39, 0.29) is 36.8 Å². The van der Waals surface area contributed by atoms with E-state index in [4.69, 9.17) is 5.73 Å². The zero-order valence-electron chi connectivity index (χ0n) is 11.4. The SMILES string of the molecule is Cl.Cl.N[C@@H]1CCCN(C(=O)c2cnc3ccccc3n2)C1. The quantitative estimate of drug-likeness (QED) is 0.869. The Kier molecular flexibility index (Phi) is 6.33. The molecule has 2 heterocycles. The van der Waals surface area contributed by atoms with E-state index in [1.165, 1.54) is 0 Å². The molecule has 1 aromatic carbocycles. The van der Waals surface area contributed by atoms with Crippen LogP contribution < -0.4 is 5.73 Å². The van der Waals surface area contributed by atoms with Crippen LogP contribution in [0, 0.1) is 0 Å². The summed E-state index contributed by atoms with van der Waals surface area (Å²) in [6.45, 7) is 1.36. The molecule has 1 aliphatic rings. The summed E-state index contributed by atoms with van der Waals surface area (Å²) in [5.74, 6) is -0.0756. The lowest BCUT2D eigenvalue weighted by Gasteiger charge is -2.30. The van der Waals surface area contributed by atoms with Gasteiger partial charge in [-0.25, -0.2) is 4.98 Å². The number of carbonyl (C=O) groups excluding carboxylic acids is 1. The fourth-order valence-corrected chi connectivity index (χ4v) is 2.42. The number of amides is 1. The Hall–Kier alpha value is -1.43. The first-order valence-electron chi connectivity index (χ1n) is 6.51. The molecule has 0 saturated carbocycles. The Bertz CT molecular complexity index is 623. The van der Waals surface area contributed by atoms with Crippen molar-refractivity contribution in [1.29, 1.82) is 0 Å². The third-order valence-electron chi connectivity index (χ3n) is 3.41. The predicted molar refractivity (Wildman–Crippen MR) is 87.1 cm³/mol. The molecule has 0 unspecified atom stereocenters. The van der Waals surface area contributed by atoms with E-state index in [0.29, 0.717) is 12.2 Å². The van der Waals surface area contributed by atoms with Crippen LogP contribution in [-0.2, 0) is 0 Å². The highest BCUT2D eigenvalue weighted by molar-refractivity contribution is 5.93. The number of rotatable bonds is 1. The molecule has 1 fully saturated rings. The summed E-state index contributed by atoms with van der Waals surface area (Å²) >= 11 is 0. The maximum absolute atomic E-state index is 12.4. The Labute approximate surface area is 135 Å². The number of fused-ring (bicyclic) bond motifs is 1. The van der Waals surface area contributed by atoms with Crippen LogP contribution in [0.3, 0.4) is 0 Å². The van der Waals surface area contributed by atoms with Crippen LogP contribution in [0.4, 0.5) is 0 Å². The zero-order chi connectivity index (χ0) is 13.2. The summed E-state index contributed by atoms with van der Waals surface area (Å²) in [6.07, 6.45) is 3.48. The van der Waals surface area contributed by atoms with Crippen LogP contribution in [0.25, 0.3) is 11.0 Å². The van der Waals surface area contributed by atoms with Crippen molar-refractivity contribution in [3.8, 4) is 0 Å². The van der Waals surface area contributed by atoms with Gasteiger partial charge in [-0.3, -0.25) is 9.78 Å². The van der Waals surface area contributed by atoms with Crippen molar-refractivity contribution in [3.63, 3.8) is 0 Å². The number of halogens is 2. The first kappa shape index (κ1) is 17.6. The topological polar surface area (TPSA) is 72.1 Å². The van der Waals surface area contributed by atoms with Gasteiger partial charge in [0.05, 0.1) is 17.2 Å². The van der Waals surface area contributed by atoms with Gasteiger partial charge in [-0.15, -0.1) is 24.8 Å². The number of hydrogen-bond acceptors (Lipinski definition) is 4. The monoisotopic (exact) mass is 328 g/mol. The van der Waals surface area contributed by atoms with Crippen LogP contribution in [0.15, 0.2) is 30.5 Å². The predicted octanol–water partition coefficient (Wildman–Crippen LogP) is 2.04.